The van der Waals surface area contributed by atoms with Gasteiger partial charge in [0.05, 0.1) is 35.7 Å². The Morgan fingerprint density at radius 2 is 1.88 bits per heavy atom. The average molecular weight is 678 g/mol. The third-order valence-electron chi connectivity index (χ3n) is 10.8. The molecule has 1 spiro atoms. The third kappa shape index (κ3) is 5.75. The molecule has 4 aromatic rings. The molecule has 0 radical (unpaired) electrons. The Hall–Kier alpha value is -5.27. The van der Waals surface area contributed by atoms with Crippen molar-refractivity contribution in [2.75, 3.05) is 23.3 Å². The van der Waals surface area contributed by atoms with Crippen LogP contribution in [0.15, 0.2) is 48.8 Å². The van der Waals surface area contributed by atoms with Gasteiger partial charge >= 0.3 is 6.18 Å². The zero-order valence-corrected chi connectivity index (χ0v) is 27.5. The maximum absolute atomic E-state index is 14.6. The number of nitrogens with zero attached hydrogens (tertiary/aromatic N) is 8. The number of pyridine rings is 1. The van der Waals surface area contributed by atoms with Crippen molar-refractivity contribution in [1.82, 2.24) is 24.6 Å². The van der Waals surface area contributed by atoms with Crippen LogP contribution in [0.5, 0.6) is 0 Å². The Kier molecular flexibility index (Phi) is 7.64. The molecule has 1 amide bonds. The number of nitriles is 2. The summed E-state index contributed by atoms with van der Waals surface area (Å²) < 4.78 is 45.6. The summed E-state index contributed by atoms with van der Waals surface area (Å²) in [5.41, 5.74) is 2.18. The van der Waals surface area contributed by atoms with Crippen LogP contribution in [0, 0.1) is 34.0 Å². The minimum atomic E-state index is -4.65. The second-order valence-corrected chi connectivity index (χ2v) is 14.2. The molecular formula is C37H34F3N9O. The number of halogens is 3. The summed E-state index contributed by atoms with van der Waals surface area (Å²) in [5, 5.41) is 31.2. The second kappa shape index (κ2) is 12.0. The number of hydrogen-bond acceptors (Lipinski definition) is 8. The van der Waals surface area contributed by atoms with Gasteiger partial charge in [-0.25, -0.2) is 4.98 Å². The Labute approximate surface area is 287 Å². The Bertz CT molecular complexity index is 2110. The van der Waals surface area contributed by atoms with Crippen LogP contribution in [0.2, 0.25) is 0 Å². The Morgan fingerprint density at radius 3 is 2.58 bits per heavy atom. The van der Waals surface area contributed by atoms with Crippen molar-refractivity contribution in [1.29, 1.82) is 10.5 Å². The number of anilines is 2. The molecule has 0 unspecified atom stereocenters. The van der Waals surface area contributed by atoms with E-state index in [9.17, 15) is 28.5 Å². The van der Waals surface area contributed by atoms with Crippen LogP contribution >= 0.6 is 0 Å². The minimum Gasteiger partial charge on any atom is -0.366 e. The lowest BCUT2D eigenvalue weighted by atomic mass is 9.97. The molecule has 50 heavy (non-hydrogen) atoms. The van der Waals surface area contributed by atoms with Crippen LogP contribution in [0.3, 0.4) is 0 Å². The van der Waals surface area contributed by atoms with E-state index in [-0.39, 0.29) is 35.4 Å². The monoisotopic (exact) mass is 677 g/mol. The molecule has 10 nitrogen and oxygen atoms in total. The van der Waals surface area contributed by atoms with Crippen LogP contribution in [0.4, 0.5) is 24.8 Å². The summed E-state index contributed by atoms with van der Waals surface area (Å²) in [6.45, 7) is 1.76. The SMILES string of the molecule is Cn1cnnc1-c1ccc(C#N)cc1-c1cc(N[C@H]2CCC[C@@H]2C#N)nc(N2Cc3c(cc(CN4CCC5(CC5)C4)cc3C(F)(F)F)C2=O)c1. The smallest absolute Gasteiger partial charge is 0.366 e. The van der Waals surface area contributed by atoms with E-state index in [4.69, 9.17) is 4.98 Å². The fourth-order valence-electron chi connectivity index (χ4n) is 7.94. The zero-order valence-electron chi connectivity index (χ0n) is 27.5. The highest BCUT2D eigenvalue weighted by molar-refractivity contribution is 6.10. The van der Waals surface area contributed by atoms with E-state index in [1.165, 1.54) is 11.0 Å². The van der Waals surface area contributed by atoms with Crippen molar-refractivity contribution in [3.05, 3.63) is 76.6 Å². The number of rotatable bonds is 7. The van der Waals surface area contributed by atoms with Gasteiger partial charge < -0.3 is 9.88 Å². The van der Waals surface area contributed by atoms with Crippen molar-refractivity contribution in [2.45, 2.75) is 63.8 Å². The molecule has 1 N–H and O–H groups in total. The van der Waals surface area contributed by atoms with Crippen LogP contribution in [0.1, 0.15) is 71.1 Å². The first-order chi connectivity index (χ1) is 24.0. The predicted octanol–water partition coefficient (Wildman–Crippen LogP) is 6.69. The number of aryl methyl sites for hydroxylation is 1. The summed E-state index contributed by atoms with van der Waals surface area (Å²) >= 11 is 0. The van der Waals surface area contributed by atoms with Gasteiger partial charge in [0.2, 0.25) is 0 Å². The van der Waals surface area contributed by atoms with E-state index in [0.717, 1.165) is 51.6 Å². The van der Waals surface area contributed by atoms with Crippen molar-refractivity contribution in [3.63, 3.8) is 0 Å². The van der Waals surface area contributed by atoms with Gasteiger partial charge in [-0.15, -0.1) is 10.2 Å². The van der Waals surface area contributed by atoms with Gasteiger partial charge in [0.25, 0.3) is 5.91 Å². The number of alkyl halides is 3. The number of nitrogens with one attached hydrogen (secondary N) is 1. The van der Waals surface area contributed by atoms with Crippen LogP contribution in [-0.2, 0) is 26.3 Å². The number of benzene rings is 2. The molecular weight excluding hydrogens is 643 g/mol. The molecule has 2 saturated carbocycles. The van der Waals surface area contributed by atoms with E-state index in [0.29, 0.717) is 51.4 Å². The molecule has 254 valence electrons. The lowest BCUT2D eigenvalue weighted by molar-refractivity contribution is -0.138. The van der Waals surface area contributed by atoms with Crippen LogP contribution in [0.25, 0.3) is 22.5 Å². The second-order valence-electron chi connectivity index (χ2n) is 14.2. The first-order valence-corrected chi connectivity index (χ1v) is 16.9. The molecule has 4 aliphatic rings. The van der Waals surface area contributed by atoms with E-state index in [1.54, 1.807) is 54.3 Å². The lowest BCUT2D eigenvalue weighted by Gasteiger charge is -2.21. The molecule has 2 aromatic heterocycles. The minimum absolute atomic E-state index is 0.0310. The molecule has 13 heteroatoms. The molecule has 0 bridgehead atoms. The van der Waals surface area contributed by atoms with E-state index >= 15 is 0 Å². The van der Waals surface area contributed by atoms with Crippen molar-refractivity contribution in [2.24, 2.45) is 18.4 Å². The maximum atomic E-state index is 14.6. The summed E-state index contributed by atoms with van der Waals surface area (Å²) in [5.74, 6) is 0.276. The fraction of sp³-hybridized carbons (Fsp3) is 0.405. The van der Waals surface area contributed by atoms with Gasteiger partial charge in [-0.3, -0.25) is 14.6 Å². The highest BCUT2D eigenvalue weighted by Gasteiger charge is 2.48. The lowest BCUT2D eigenvalue weighted by Crippen LogP contribution is -2.26. The van der Waals surface area contributed by atoms with Gasteiger partial charge in [0.1, 0.15) is 18.0 Å². The highest BCUT2D eigenvalue weighted by atomic mass is 19.4. The van der Waals surface area contributed by atoms with Crippen molar-refractivity contribution >= 4 is 17.5 Å². The summed E-state index contributed by atoms with van der Waals surface area (Å²) in [7, 11) is 1.80. The molecule has 3 fully saturated rings. The molecule has 8 rings (SSSR count). The van der Waals surface area contributed by atoms with Gasteiger partial charge in [0, 0.05) is 37.3 Å². The third-order valence-corrected chi connectivity index (χ3v) is 10.8. The molecule has 1 saturated heterocycles. The zero-order chi connectivity index (χ0) is 34.8. The average Bonchev–Trinajstić information content (AvgIpc) is 3.46. The number of amides is 1. The van der Waals surface area contributed by atoms with E-state index in [2.05, 4.69) is 32.6 Å². The maximum Gasteiger partial charge on any atom is 0.416 e. The highest BCUT2D eigenvalue weighted by Crippen LogP contribution is 2.53. The van der Waals surface area contributed by atoms with Gasteiger partial charge in [-0.2, -0.15) is 23.7 Å². The van der Waals surface area contributed by atoms with Crippen molar-refractivity contribution < 1.29 is 18.0 Å². The summed E-state index contributed by atoms with van der Waals surface area (Å²) in [6.07, 6.45) is 2.64. The molecule has 2 aliphatic heterocycles. The van der Waals surface area contributed by atoms with Gasteiger partial charge in [-0.1, -0.05) is 0 Å². The normalized spacial score (nSPS) is 21.0. The first-order valence-electron chi connectivity index (χ1n) is 16.9. The van der Waals surface area contributed by atoms with Gasteiger partial charge in [0.15, 0.2) is 5.82 Å². The quantitative estimate of drug-likeness (QED) is 0.230. The molecule has 2 atom stereocenters. The van der Waals surface area contributed by atoms with Gasteiger partial charge in [-0.05, 0) is 115 Å². The number of carbonyl (C=O) groups is 1. The Morgan fingerprint density at radius 1 is 1.04 bits per heavy atom. The standard InChI is InChI=1S/C37H34F3N9O/c1-47-21-43-46-34(47)26-6-5-22(16-41)11-27(26)25-14-32(44-31-4-2-3-24(31)17-42)45-33(15-25)49-19-29-28(35(49)50)12-23(13-30(29)37(38,39)40)18-48-10-9-36(20-48)7-8-36/h5-6,11-15,21,24,31H,2-4,7-10,18-20H2,1H3,(H,44,45)/t24-,31+/m1/s1. The van der Waals surface area contributed by atoms with E-state index in [1.807, 2.05) is 0 Å². The molecule has 2 aliphatic carbocycles. The molecule has 2 aromatic carbocycles. The van der Waals surface area contributed by atoms with Crippen LogP contribution < -0.4 is 10.2 Å². The number of aromatic nitrogens is 4. The first kappa shape index (κ1) is 32.0. The number of hydrogen-bond donors (Lipinski definition) is 1. The fourth-order valence-corrected chi connectivity index (χ4v) is 7.94. The van der Waals surface area contributed by atoms with Crippen LogP contribution in [-0.4, -0.2) is 49.7 Å². The largest absolute Gasteiger partial charge is 0.416 e. The summed E-state index contributed by atoms with van der Waals surface area (Å²) in [4.78, 5) is 22.4. The van der Waals surface area contributed by atoms with E-state index < -0.39 is 17.6 Å². The van der Waals surface area contributed by atoms with Crippen molar-refractivity contribution in [3.8, 4) is 34.7 Å². The number of fused-ring (bicyclic) bond motifs is 1. The molecule has 4 heterocycles. The number of carbonyl (C=O) groups excluding carboxylic acids is 1. The summed E-state index contributed by atoms with van der Waals surface area (Å²) in [6, 6.07) is 15.8. The predicted molar refractivity (Wildman–Crippen MR) is 178 cm³/mol. The Balaban J connectivity index is 1.22. The number of likely N-dealkylation sites (tertiary alicyclic amines) is 1. The topological polar surface area (TPSA) is 127 Å².